The number of benzene rings is 9. The van der Waals surface area contributed by atoms with Crippen LogP contribution in [-0.2, 0) is 0 Å². The molecule has 3 heteroatoms. The minimum absolute atomic E-state index is 1.15. The summed E-state index contributed by atoms with van der Waals surface area (Å²) < 4.78 is 7.34. The summed E-state index contributed by atoms with van der Waals surface area (Å²) in [6.45, 7) is 0. The summed E-state index contributed by atoms with van der Waals surface area (Å²) in [5, 5.41) is 10.2. The van der Waals surface area contributed by atoms with E-state index in [-0.39, 0.29) is 0 Å². The molecule has 0 fully saturated rings. The molecule has 0 unspecified atom stereocenters. The summed E-state index contributed by atoms with van der Waals surface area (Å²) in [6, 6.07) is 73.8. The molecular formula is C54H33N3. The number of rotatable bonds is 4. The van der Waals surface area contributed by atoms with Crippen molar-refractivity contribution in [2.75, 3.05) is 0 Å². The fraction of sp³-hybridized carbons (Fsp3) is 0. The van der Waals surface area contributed by atoms with Gasteiger partial charge in [0.1, 0.15) is 0 Å². The summed E-state index contributed by atoms with van der Waals surface area (Å²) in [7, 11) is 0. The summed E-state index contributed by atoms with van der Waals surface area (Å²) in [4.78, 5) is 0. The lowest BCUT2D eigenvalue weighted by Gasteiger charge is -2.14. The number of nitrogens with zero attached hydrogens (tertiary/aromatic N) is 3. The maximum absolute atomic E-state index is 2.49. The zero-order valence-electron chi connectivity index (χ0n) is 30.9. The van der Waals surface area contributed by atoms with Crippen LogP contribution in [0.4, 0.5) is 0 Å². The Bertz CT molecular complexity index is 3730. The van der Waals surface area contributed by atoms with Crippen LogP contribution in [-0.4, -0.2) is 13.5 Å². The molecule has 264 valence electrons. The van der Waals surface area contributed by atoms with Gasteiger partial charge in [-0.1, -0.05) is 127 Å². The van der Waals surface area contributed by atoms with Gasteiger partial charge in [-0.15, -0.1) is 0 Å². The van der Waals surface area contributed by atoms with Gasteiger partial charge in [-0.3, -0.25) is 0 Å². The van der Waals surface area contributed by atoms with E-state index in [9.17, 15) is 0 Å². The Kier molecular flexibility index (Phi) is 6.16. The zero-order valence-corrected chi connectivity index (χ0v) is 30.9. The van der Waals surface area contributed by atoms with Crippen LogP contribution in [0.25, 0.3) is 115 Å². The van der Waals surface area contributed by atoms with Gasteiger partial charge in [0.05, 0.1) is 38.6 Å². The van der Waals surface area contributed by atoms with Crippen LogP contribution < -0.4 is 0 Å². The molecule has 0 aliphatic rings. The lowest BCUT2D eigenvalue weighted by atomic mass is 9.94. The van der Waals surface area contributed by atoms with Crippen LogP contribution in [0.1, 0.15) is 0 Å². The first-order valence-electron chi connectivity index (χ1n) is 19.7. The Balaban J connectivity index is 1.13. The first-order chi connectivity index (χ1) is 28.3. The van der Waals surface area contributed by atoms with Crippen molar-refractivity contribution in [1.29, 1.82) is 0 Å². The lowest BCUT2D eigenvalue weighted by molar-refractivity contribution is 1.18. The number of hydrogen-bond acceptors (Lipinski definition) is 0. The molecular weight excluding hydrogens is 691 g/mol. The molecule has 13 aromatic rings. The number of fused-ring (bicyclic) bond motifs is 12. The standard InChI is InChI=1S/C54H33N3/c1-3-14-37(15-4-1)55-48-23-10-8-19-40(48)46-30-34(27-29-51(46)55)36-31-45(54-47(32-36)41-20-9-11-24-49(41)56(54)38-16-5-2-6-17-38)35-26-28-42-44-22-13-21-43-39-18-7-12-25-50(39)57(53(43)44)52(42)33-35/h1-33H. The smallest absolute Gasteiger partial charge is 0.0620 e. The van der Waals surface area contributed by atoms with Crippen molar-refractivity contribution in [2.24, 2.45) is 0 Å². The molecule has 13 rings (SSSR count). The predicted molar refractivity (Wildman–Crippen MR) is 241 cm³/mol. The molecule has 0 aliphatic heterocycles. The Hall–Kier alpha value is -7.62. The molecule has 0 saturated heterocycles. The van der Waals surface area contributed by atoms with E-state index in [1.807, 2.05) is 0 Å². The highest BCUT2D eigenvalue weighted by Crippen LogP contribution is 2.45. The van der Waals surface area contributed by atoms with Gasteiger partial charge < -0.3 is 13.5 Å². The first kappa shape index (κ1) is 30.7. The molecule has 0 atom stereocenters. The highest BCUT2D eigenvalue weighted by atomic mass is 15.0. The van der Waals surface area contributed by atoms with Crippen LogP contribution in [0.5, 0.6) is 0 Å². The monoisotopic (exact) mass is 723 g/mol. The summed E-state index contributed by atoms with van der Waals surface area (Å²) in [5.74, 6) is 0. The molecule has 0 bridgehead atoms. The molecule has 0 amide bonds. The summed E-state index contributed by atoms with van der Waals surface area (Å²) in [5.41, 5.74) is 15.7. The van der Waals surface area contributed by atoms with E-state index in [0.29, 0.717) is 0 Å². The van der Waals surface area contributed by atoms with Crippen molar-refractivity contribution in [2.45, 2.75) is 0 Å². The number of hydrogen-bond donors (Lipinski definition) is 0. The van der Waals surface area contributed by atoms with Crippen molar-refractivity contribution in [3.05, 3.63) is 200 Å². The second-order valence-electron chi connectivity index (χ2n) is 15.3. The molecule has 57 heavy (non-hydrogen) atoms. The maximum Gasteiger partial charge on any atom is 0.0620 e. The fourth-order valence-corrected chi connectivity index (χ4v) is 9.94. The third kappa shape index (κ3) is 4.20. The van der Waals surface area contributed by atoms with Gasteiger partial charge in [-0.05, 0) is 89.5 Å². The van der Waals surface area contributed by atoms with Crippen molar-refractivity contribution in [1.82, 2.24) is 13.5 Å². The predicted octanol–water partition coefficient (Wildman–Crippen LogP) is 14.4. The van der Waals surface area contributed by atoms with Gasteiger partial charge in [0.2, 0.25) is 0 Å². The van der Waals surface area contributed by atoms with Crippen LogP contribution in [0.2, 0.25) is 0 Å². The van der Waals surface area contributed by atoms with E-state index in [4.69, 9.17) is 0 Å². The minimum atomic E-state index is 1.15. The SMILES string of the molecule is c1ccc(-n2c3ccccc3c3cc(-c4cc(-c5ccc6c7cccc8c9ccccc9n(c6c5)c87)c5c(c4)c4ccccc4n5-c4ccccc4)ccc32)cc1. The molecule has 0 radical (unpaired) electrons. The summed E-state index contributed by atoms with van der Waals surface area (Å²) in [6.07, 6.45) is 0. The van der Waals surface area contributed by atoms with E-state index in [1.165, 1.54) is 110 Å². The Morgan fingerprint density at radius 3 is 1.47 bits per heavy atom. The third-order valence-electron chi connectivity index (χ3n) is 12.3. The van der Waals surface area contributed by atoms with Crippen molar-refractivity contribution < 1.29 is 0 Å². The Morgan fingerprint density at radius 2 is 0.754 bits per heavy atom. The topological polar surface area (TPSA) is 14.3 Å². The van der Waals surface area contributed by atoms with Crippen molar-refractivity contribution in [3.8, 4) is 33.6 Å². The highest BCUT2D eigenvalue weighted by molar-refractivity contribution is 6.24. The van der Waals surface area contributed by atoms with Gasteiger partial charge in [-0.2, -0.15) is 0 Å². The minimum Gasteiger partial charge on any atom is -0.309 e. The Morgan fingerprint density at radius 1 is 0.246 bits per heavy atom. The van der Waals surface area contributed by atoms with E-state index in [1.54, 1.807) is 0 Å². The molecule has 9 aromatic carbocycles. The van der Waals surface area contributed by atoms with Crippen molar-refractivity contribution in [3.63, 3.8) is 0 Å². The molecule has 4 heterocycles. The van der Waals surface area contributed by atoms with Gasteiger partial charge >= 0.3 is 0 Å². The average molecular weight is 724 g/mol. The quantitative estimate of drug-likeness (QED) is 0.172. The molecule has 3 nitrogen and oxygen atoms in total. The van der Waals surface area contributed by atoms with Crippen LogP contribution in [0.15, 0.2) is 200 Å². The molecule has 0 aliphatic carbocycles. The van der Waals surface area contributed by atoms with Crippen LogP contribution >= 0.6 is 0 Å². The third-order valence-corrected chi connectivity index (χ3v) is 12.3. The second-order valence-corrected chi connectivity index (χ2v) is 15.3. The van der Waals surface area contributed by atoms with E-state index in [0.717, 1.165) is 5.69 Å². The lowest BCUT2D eigenvalue weighted by Crippen LogP contribution is -1.96. The number of aromatic nitrogens is 3. The van der Waals surface area contributed by atoms with Gasteiger partial charge in [0.15, 0.2) is 0 Å². The number of para-hydroxylation sites is 6. The normalized spacial score (nSPS) is 12.2. The van der Waals surface area contributed by atoms with Gasteiger partial charge in [0, 0.05) is 60.0 Å². The van der Waals surface area contributed by atoms with Gasteiger partial charge in [0.25, 0.3) is 0 Å². The Labute approximate surface area is 327 Å². The fourth-order valence-electron chi connectivity index (χ4n) is 9.94. The van der Waals surface area contributed by atoms with E-state index >= 15 is 0 Å². The molecule has 0 saturated carbocycles. The van der Waals surface area contributed by atoms with Gasteiger partial charge in [-0.25, -0.2) is 0 Å². The average Bonchev–Trinajstić information content (AvgIpc) is 4.01. The highest BCUT2D eigenvalue weighted by Gasteiger charge is 2.22. The molecule has 0 spiro atoms. The molecule has 0 N–H and O–H groups in total. The molecule has 4 aromatic heterocycles. The van der Waals surface area contributed by atoms with E-state index in [2.05, 4.69) is 214 Å². The van der Waals surface area contributed by atoms with Crippen LogP contribution in [0.3, 0.4) is 0 Å². The maximum atomic E-state index is 2.49. The zero-order chi connectivity index (χ0) is 37.2. The summed E-state index contributed by atoms with van der Waals surface area (Å²) >= 11 is 0. The van der Waals surface area contributed by atoms with E-state index < -0.39 is 0 Å². The largest absolute Gasteiger partial charge is 0.309 e. The van der Waals surface area contributed by atoms with Crippen LogP contribution in [0, 0.1) is 0 Å². The first-order valence-corrected chi connectivity index (χ1v) is 19.7. The van der Waals surface area contributed by atoms with Crippen molar-refractivity contribution >= 4 is 81.7 Å². The second kappa shape index (κ2) is 11.5.